The van der Waals surface area contributed by atoms with E-state index in [4.69, 9.17) is 9.26 Å². The van der Waals surface area contributed by atoms with Gasteiger partial charge in [0.05, 0.1) is 19.6 Å². The molecule has 1 N–H and O–H groups in total. The van der Waals surface area contributed by atoms with E-state index in [1.807, 2.05) is 48.5 Å². The van der Waals surface area contributed by atoms with E-state index in [2.05, 4.69) is 36.3 Å². The molecule has 4 rings (SSSR count). The zero-order valence-electron chi connectivity index (χ0n) is 17.4. The van der Waals surface area contributed by atoms with E-state index >= 15 is 0 Å². The molecule has 0 saturated carbocycles. The molecule has 1 aromatic heterocycles. The van der Waals surface area contributed by atoms with Crippen molar-refractivity contribution in [1.29, 1.82) is 0 Å². The number of aromatic nitrogens is 2. The van der Waals surface area contributed by atoms with Crippen LogP contribution in [0, 0.1) is 5.92 Å². The van der Waals surface area contributed by atoms with Crippen LogP contribution in [0.25, 0.3) is 11.4 Å². The quantitative estimate of drug-likeness (QED) is 0.544. The lowest BCUT2D eigenvalue weighted by Crippen LogP contribution is -2.42. The van der Waals surface area contributed by atoms with Crippen LogP contribution in [0.5, 0.6) is 5.75 Å². The number of nitrogens with zero attached hydrogens (tertiary/aromatic N) is 3. The third-order valence-electron chi connectivity index (χ3n) is 5.45. The lowest BCUT2D eigenvalue weighted by Gasteiger charge is -2.30. The minimum atomic E-state index is -0.0580. The summed E-state index contributed by atoms with van der Waals surface area (Å²) < 4.78 is 11.8. The van der Waals surface area contributed by atoms with E-state index in [0.29, 0.717) is 31.3 Å². The Morgan fingerprint density at radius 2 is 2.06 bits per heavy atom. The van der Waals surface area contributed by atoms with Crippen molar-refractivity contribution in [3.05, 3.63) is 64.5 Å². The van der Waals surface area contributed by atoms with Crippen molar-refractivity contribution in [1.82, 2.24) is 20.4 Å². The van der Waals surface area contributed by atoms with E-state index in [-0.39, 0.29) is 11.8 Å². The number of hydrogen-bond donors (Lipinski definition) is 1. The summed E-state index contributed by atoms with van der Waals surface area (Å²) in [6.45, 7) is 2.58. The summed E-state index contributed by atoms with van der Waals surface area (Å²) in [7, 11) is 1.64. The molecule has 0 radical (unpaired) electrons. The lowest BCUT2D eigenvalue weighted by molar-refractivity contribution is -0.127. The first-order valence-corrected chi connectivity index (χ1v) is 11.1. The number of carbonyl (C=O) groups excluding carboxylic acids is 1. The van der Waals surface area contributed by atoms with Crippen LogP contribution >= 0.6 is 15.9 Å². The average Bonchev–Trinajstić information content (AvgIpc) is 3.26. The van der Waals surface area contributed by atoms with Crippen LogP contribution in [0.1, 0.15) is 24.3 Å². The van der Waals surface area contributed by atoms with Gasteiger partial charge in [-0.3, -0.25) is 9.69 Å². The summed E-state index contributed by atoms with van der Waals surface area (Å²) in [6.07, 6.45) is 1.84. The third kappa shape index (κ3) is 5.51. The Balaban J connectivity index is 1.32. The molecule has 7 nitrogen and oxygen atoms in total. The van der Waals surface area contributed by atoms with E-state index < -0.39 is 0 Å². The number of halogens is 1. The van der Waals surface area contributed by atoms with Crippen molar-refractivity contribution in [3.63, 3.8) is 0 Å². The summed E-state index contributed by atoms with van der Waals surface area (Å²) >= 11 is 3.43. The summed E-state index contributed by atoms with van der Waals surface area (Å²) in [6, 6.07) is 15.5. The molecule has 8 heteroatoms. The molecule has 162 valence electrons. The number of carbonyl (C=O) groups is 1. The predicted octanol–water partition coefficient (Wildman–Crippen LogP) is 4.04. The van der Waals surface area contributed by atoms with E-state index in [9.17, 15) is 4.79 Å². The van der Waals surface area contributed by atoms with Gasteiger partial charge in [0.1, 0.15) is 5.75 Å². The molecule has 2 heterocycles. The third-order valence-corrected chi connectivity index (χ3v) is 5.98. The highest BCUT2D eigenvalue weighted by atomic mass is 79.9. The minimum absolute atomic E-state index is 0.0580. The van der Waals surface area contributed by atoms with Crippen molar-refractivity contribution in [3.8, 4) is 17.1 Å². The minimum Gasteiger partial charge on any atom is -0.496 e. The fraction of sp³-hybridized carbons (Fsp3) is 0.348. The topological polar surface area (TPSA) is 80.5 Å². The first-order valence-electron chi connectivity index (χ1n) is 10.3. The molecule has 1 aliphatic heterocycles. The largest absolute Gasteiger partial charge is 0.496 e. The van der Waals surface area contributed by atoms with Crippen LogP contribution < -0.4 is 10.1 Å². The second-order valence-corrected chi connectivity index (χ2v) is 8.54. The van der Waals surface area contributed by atoms with E-state index in [1.165, 1.54) is 0 Å². The molecule has 1 aliphatic rings. The van der Waals surface area contributed by atoms with Crippen LogP contribution in [-0.2, 0) is 17.9 Å². The normalized spacial score (nSPS) is 16.8. The van der Waals surface area contributed by atoms with Gasteiger partial charge in [-0.2, -0.15) is 4.98 Å². The smallest absolute Gasteiger partial charge is 0.241 e. The maximum absolute atomic E-state index is 12.8. The van der Waals surface area contributed by atoms with E-state index in [1.54, 1.807) is 7.11 Å². The van der Waals surface area contributed by atoms with Gasteiger partial charge in [0, 0.05) is 28.7 Å². The Morgan fingerprint density at radius 3 is 2.87 bits per heavy atom. The van der Waals surface area contributed by atoms with Crippen molar-refractivity contribution < 1.29 is 14.1 Å². The molecule has 1 unspecified atom stereocenters. The Morgan fingerprint density at radius 1 is 1.26 bits per heavy atom. The molecule has 0 spiro atoms. The zero-order chi connectivity index (χ0) is 21.6. The number of methoxy groups -OCH3 is 1. The zero-order valence-corrected chi connectivity index (χ0v) is 19.0. The molecule has 31 heavy (non-hydrogen) atoms. The van der Waals surface area contributed by atoms with Gasteiger partial charge in [0.2, 0.25) is 17.6 Å². The number of piperidine rings is 1. The number of para-hydroxylation sites is 1. The van der Waals surface area contributed by atoms with Gasteiger partial charge in [-0.15, -0.1) is 0 Å². The van der Waals surface area contributed by atoms with Gasteiger partial charge < -0.3 is 14.6 Å². The summed E-state index contributed by atoms with van der Waals surface area (Å²) in [5, 5.41) is 7.15. The standard InChI is InChI=1S/C23H25BrN4O3/c1-30-20-7-3-2-5-17(20)13-25-23(29)18-6-4-12-28(14-18)15-21-26-22(27-31-21)16-8-10-19(24)11-9-16/h2-3,5,7-11,18H,4,6,12-15H2,1H3,(H,25,29). The predicted molar refractivity (Wildman–Crippen MR) is 120 cm³/mol. The Labute approximate surface area is 189 Å². The first kappa shape index (κ1) is 21.5. The molecular weight excluding hydrogens is 460 g/mol. The number of nitrogens with one attached hydrogen (secondary N) is 1. The molecular formula is C23H25BrN4O3. The van der Waals surface area contributed by atoms with Gasteiger partial charge in [0.25, 0.3) is 0 Å². The number of ether oxygens (including phenoxy) is 1. The van der Waals surface area contributed by atoms with Crippen LogP contribution in [0.2, 0.25) is 0 Å². The number of benzene rings is 2. The molecule has 0 bridgehead atoms. The van der Waals surface area contributed by atoms with Crippen LogP contribution in [0.4, 0.5) is 0 Å². The summed E-state index contributed by atoms with van der Waals surface area (Å²) in [5.41, 5.74) is 1.88. The summed E-state index contributed by atoms with van der Waals surface area (Å²) in [4.78, 5) is 19.5. The monoisotopic (exact) mass is 484 g/mol. The van der Waals surface area contributed by atoms with Crippen LogP contribution in [-0.4, -0.2) is 41.1 Å². The van der Waals surface area contributed by atoms with Gasteiger partial charge in [-0.05, 0) is 49.7 Å². The number of rotatable bonds is 7. The fourth-order valence-corrected chi connectivity index (χ4v) is 4.08. The highest BCUT2D eigenvalue weighted by molar-refractivity contribution is 9.10. The van der Waals surface area contributed by atoms with Crippen LogP contribution in [0.3, 0.4) is 0 Å². The Hall–Kier alpha value is -2.71. The maximum atomic E-state index is 12.8. The van der Waals surface area contributed by atoms with Gasteiger partial charge in [-0.1, -0.05) is 39.3 Å². The maximum Gasteiger partial charge on any atom is 0.241 e. The second-order valence-electron chi connectivity index (χ2n) is 7.62. The van der Waals surface area contributed by atoms with Crippen LogP contribution in [0.15, 0.2) is 57.5 Å². The number of hydrogen-bond acceptors (Lipinski definition) is 6. The number of likely N-dealkylation sites (tertiary alicyclic amines) is 1. The molecule has 2 aromatic carbocycles. The molecule has 1 atom stereocenters. The van der Waals surface area contributed by atoms with Crippen molar-refractivity contribution in [2.24, 2.45) is 5.92 Å². The Kier molecular flexibility index (Phi) is 6.99. The van der Waals surface area contributed by atoms with Crippen molar-refractivity contribution in [2.45, 2.75) is 25.9 Å². The molecule has 1 fully saturated rings. The average molecular weight is 485 g/mol. The summed E-state index contributed by atoms with van der Waals surface area (Å²) in [5.74, 6) is 1.93. The van der Waals surface area contributed by atoms with Gasteiger partial charge >= 0.3 is 0 Å². The first-order chi connectivity index (χ1) is 15.1. The number of amides is 1. The van der Waals surface area contributed by atoms with Crippen molar-refractivity contribution >= 4 is 21.8 Å². The fourth-order valence-electron chi connectivity index (χ4n) is 3.82. The second kappa shape index (κ2) is 10.1. The SMILES string of the molecule is COc1ccccc1CNC(=O)C1CCCN(Cc2nc(-c3ccc(Br)cc3)no2)C1. The Bertz CT molecular complexity index is 1020. The van der Waals surface area contributed by atoms with Gasteiger partial charge in [0.15, 0.2) is 0 Å². The lowest BCUT2D eigenvalue weighted by atomic mass is 9.97. The molecule has 1 amide bonds. The highest BCUT2D eigenvalue weighted by Gasteiger charge is 2.27. The van der Waals surface area contributed by atoms with Gasteiger partial charge in [-0.25, -0.2) is 0 Å². The van der Waals surface area contributed by atoms with Crippen molar-refractivity contribution in [2.75, 3.05) is 20.2 Å². The van der Waals surface area contributed by atoms with E-state index in [0.717, 1.165) is 40.7 Å². The molecule has 3 aromatic rings. The molecule has 0 aliphatic carbocycles. The highest BCUT2D eigenvalue weighted by Crippen LogP contribution is 2.22. The molecule has 1 saturated heterocycles.